The zero-order valence-corrected chi connectivity index (χ0v) is 12.4. The first-order valence-electron chi connectivity index (χ1n) is 7.43. The summed E-state index contributed by atoms with van der Waals surface area (Å²) in [4.78, 5) is 13.9. The lowest BCUT2D eigenvalue weighted by Gasteiger charge is -2.28. The Morgan fingerprint density at radius 1 is 1.09 bits per heavy atom. The van der Waals surface area contributed by atoms with E-state index in [2.05, 4.69) is 0 Å². The molecule has 0 aliphatic carbocycles. The number of benzene rings is 2. The van der Waals surface area contributed by atoms with Crippen molar-refractivity contribution in [3.05, 3.63) is 70.8 Å². The van der Waals surface area contributed by atoms with Crippen molar-refractivity contribution in [3.63, 3.8) is 0 Å². The third-order valence-electron chi connectivity index (χ3n) is 3.93. The molecule has 0 atom stereocenters. The van der Waals surface area contributed by atoms with Gasteiger partial charge in [0.15, 0.2) is 0 Å². The van der Waals surface area contributed by atoms with Gasteiger partial charge in [-0.25, -0.2) is 4.79 Å². The summed E-state index contributed by atoms with van der Waals surface area (Å²) in [5.41, 5.74) is 4.23. The third kappa shape index (κ3) is 3.28. The normalized spacial score (nSPS) is 13.6. The maximum Gasteiger partial charge on any atom is 0.410 e. The van der Waals surface area contributed by atoms with Crippen LogP contribution in [0.3, 0.4) is 0 Å². The van der Waals surface area contributed by atoms with E-state index in [4.69, 9.17) is 4.74 Å². The smallest absolute Gasteiger partial charge is 0.410 e. The van der Waals surface area contributed by atoms with Gasteiger partial charge in [0, 0.05) is 13.1 Å². The maximum absolute atomic E-state index is 12.2. The van der Waals surface area contributed by atoms with Crippen molar-refractivity contribution in [2.45, 2.75) is 26.2 Å². The second-order valence-electron chi connectivity index (χ2n) is 5.47. The summed E-state index contributed by atoms with van der Waals surface area (Å²) in [5.74, 6) is 0. The van der Waals surface area contributed by atoms with Gasteiger partial charge in [0.25, 0.3) is 0 Å². The molecule has 1 aliphatic rings. The monoisotopic (exact) mass is 297 g/mol. The fourth-order valence-corrected chi connectivity index (χ4v) is 2.67. The van der Waals surface area contributed by atoms with E-state index in [0.29, 0.717) is 19.7 Å². The Labute approximate surface area is 130 Å². The zero-order chi connectivity index (χ0) is 15.4. The highest BCUT2D eigenvalue weighted by atomic mass is 16.6. The first kappa shape index (κ1) is 14.6. The Hall–Kier alpha value is -2.33. The molecule has 1 aliphatic heterocycles. The summed E-state index contributed by atoms with van der Waals surface area (Å²) in [6.07, 6.45) is 0.518. The number of fused-ring (bicyclic) bond motifs is 1. The lowest BCUT2D eigenvalue weighted by atomic mass is 9.98. The molecule has 22 heavy (non-hydrogen) atoms. The summed E-state index contributed by atoms with van der Waals surface area (Å²) < 4.78 is 5.37. The predicted molar refractivity (Wildman–Crippen MR) is 83.1 cm³/mol. The molecule has 0 saturated carbocycles. The van der Waals surface area contributed by atoms with Crippen LogP contribution in [-0.2, 0) is 30.9 Å². The molecule has 0 aromatic heterocycles. The van der Waals surface area contributed by atoms with Crippen LogP contribution in [-0.4, -0.2) is 22.6 Å². The fraction of sp³-hybridized carbons (Fsp3) is 0.278. The predicted octanol–water partition coefficient (Wildman–Crippen LogP) is 2.87. The van der Waals surface area contributed by atoms with Gasteiger partial charge in [-0.05, 0) is 28.7 Å². The topological polar surface area (TPSA) is 49.8 Å². The maximum atomic E-state index is 12.2. The Morgan fingerprint density at radius 2 is 1.91 bits per heavy atom. The molecule has 4 heteroatoms. The largest absolute Gasteiger partial charge is 0.445 e. The molecular weight excluding hydrogens is 278 g/mol. The molecule has 1 heterocycles. The lowest BCUT2D eigenvalue weighted by molar-refractivity contribution is 0.0918. The molecular formula is C18H19NO3. The van der Waals surface area contributed by atoms with Gasteiger partial charge < -0.3 is 14.7 Å². The van der Waals surface area contributed by atoms with Crippen LogP contribution in [0.5, 0.6) is 0 Å². The Bertz CT molecular complexity index is 655. The van der Waals surface area contributed by atoms with E-state index in [-0.39, 0.29) is 12.7 Å². The van der Waals surface area contributed by atoms with Gasteiger partial charge in [-0.3, -0.25) is 0 Å². The standard InChI is InChI=1S/C18H19NO3/c20-12-15-6-7-17-11-19(9-8-16(17)10-15)18(21)22-13-14-4-2-1-3-5-14/h1-7,10,20H,8-9,11-13H2. The molecule has 0 spiro atoms. The van der Waals surface area contributed by atoms with Gasteiger partial charge in [-0.1, -0.05) is 48.5 Å². The number of hydrogen-bond donors (Lipinski definition) is 1. The zero-order valence-electron chi connectivity index (χ0n) is 12.4. The van der Waals surface area contributed by atoms with Crippen molar-refractivity contribution in [2.24, 2.45) is 0 Å². The van der Waals surface area contributed by atoms with Crippen molar-refractivity contribution >= 4 is 6.09 Å². The fourth-order valence-electron chi connectivity index (χ4n) is 2.67. The number of aliphatic hydroxyl groups is 1. The second kappa shape index (κ2) is 6.62. The molecule has 1 amide bonds. The molecule has 0 saturated heterocycles. The number of carbonyl (C=O) groups is 1. The molecule has 0 bridgehead atoms. The number of nitrogens with zero attached hydrogens (tertiary/aromatic N) is 1. The molecule has 0 fully saturated rings. The van der Waals surface area contributed by atoms with Crippen LogP contribution in [0.2, 0.25) is 0 Å². The van der Waals surface area contributed by atoms with Crippen molar-refractivity contribution < 1.29 is 14.6 Å². The Morgan fingerprint density at radius 3 is 2.68 bits per heavy atom. The van der Waals surface area contributed by atoms with E-state index in [0.717, 1.165) is 23.1 Å². The number of aliphatic hydroxyl groups excluding tert-OH is 1. The number of ether oxygens (including phenoxy) is 1. The molecule has 3 rings (SSSR count). The van der Waals surface area contributed by atoms with E-state index in [1.165, 1.54) is 5.56 Å². The second-order valence-corrected chi connectivity index (χ2v) is 5.47. The van der Waals surface area contributed by atoms with Crippen LogP contribution in [0.15, 0.2) is 48.5 Å². The first-order valence-corrected chi connectivity index (χ1v) is 7.43. The van der Waals surface area contributed by atoms with Gasteiger partial charge >= 0.3 is 6.09 Å². The van der Waals surface area contributed by atoms with Crippen molar-refractivity contribution in [3.8, 4) is 0 Å². The molecule has 0 radical (unpaired) electrons. The minimum Gasteiger partial charge on any atom is -0.445 e. The minimum atomic E-state index is -0.277. The molecule has 0 unspecified atom stereocenters. The Balaban J connectivity index is 1.60. The highest BCUT2D eigenvalue weighted by Crippen LogP contribution is 2.21. The van der Waals surface area contributed by atoms with Crippen molar-refractivity contribution in [1.82, 2.24) is 4.90 Å². The molecule has 2 aromatic rings. The molecule has 4 nitrogen and oxygen atoms in total. The molecule has 1 N–H and O–H groups in total. The van der Waals surface area contributed by atoms with Gasteiger partial charge in [-0.15, -0.1) is 0 Å². The van der Waals surface area contributed by atoms with Crippen LogP contribution in [0.25, 0.3) is 0 Å². The number of hydrogen-bond acceptors (Lipinski definition) is 3. The lowest BCUT2D eigenvalue weighted by Crippen LogP contribution is -2.36. The van der Waals surface area contributed by atoms with Gasteiger partial charge in [0.2, 0.25) is 0 Å². The summed E-state index contributed by atoms with van der Waals surface area (Å²) >= 11 is 0. The van der Waals surface area contributed by atoms with Gasteiger partial charge in [0.05, 0.1) is 6.61 Å². The molecule has 114 valence electrons. The number of rotatable bonds is 3. The summed E-state index contributed by atoms with van der Waals surface area (Å²) in [6, 6.07) is 15.6. The summed E-state index contributed by atoms with van der Waals surface area (Å²) in [6.45, 7) is 1.56. The number of amides is 1. The van der Waals surface area contributed by atoms with Gasteiger partial charge in [0.1, 0.15) is 6.61 Å². The van der Waals surface area contributed by atoms with E-state index in [1.54, 1.807) is 4.90 Å². The van der Waals surface area contributed by atoms with Crippen LogP contribution >= 0.6 is 0 Å². The van der Waals surface area contributed by atoms with Crippen LogP contribution in [0.1, 0.15) is 22.3 Å². The van der Waals surface area contributed by atoms with Crippen LogP contribution < -0.4 is 0 Å². The number of carbonyl (C=O) groups excluding carboxylic acids is 1. The van der Waals surface area contributed by atoms with Gasteiger partial charge in [-0.2, -0.15) is 0 Å². The SMILES string of the molecule is O=C(OCc1ccccc1)N1CCc2cc(CO)ccc2C1. The summed E-state index contributed by atoms with van der Waals surface area (Å²) in [5, 5.41) is 9.17. The van der Waals surface area contributed by atoms with Crippen LogP contribution in [0, 0.1) is 0 Å². The summed E-state index contributed by atoms with van der Waals surface area (Å²) in [7, 11) is 0. The first-order chi connectivity index (χ1) is 10.8. The third-order valence-corrected chi connectivity index (χ3v) is 3.93. The Kier molecular flexibility index (Phi) is 4.39. The van der Waals surface area contributed by atoms with E-state index < -0.39 is 0 Å². The van der Waals surface area contributed by atoms with E-state index in [1.807, 2.05) is 48.5 Å². The highest BCUT2D eigenvalue weighted by Gasteiger charge is 2.21. The van der Waals surface area contributed by atoms with Crippen LogP contribution in [0.4, 0.5) is 4.79 Å². The van der Waals surface area contributed by atoms with E-state index >= 15 is 0 Å². The average Bonchev–Trinajstić information content (AvgIpc) is 2.59. The quantitative estimate of drug-likeness (QED) is 0.947. The minimum absolute atomic E-state index is 0.0517. The average molecular weight is 297 g/mol. The highest BCUT2D eigenvalue weighted by molar-refractivity contribution is 5.68. The van der Waals surface area contributed by atoms with E-state index in [9.17, 15) is 9.90 Å². The molecule has 2 aromatic carbocycles. The van der Waals surface area contributed by atoms with Crippen molar-refractivity contribution in [1.29, 1.82) is 0 Å². The van der Waals surface area contributed by atoms with Crippen molar-refractivity contribution in [2.75, 3.05) is 6.54 Å².